The van der Waals surface area contributed by atoms with E-state index in [1.54, 1.807) is 0 Å². The van der Waals surface area contributed by atoms with Gasteiger partial charge < -0.3 is 10.2 Å². The van der Waals surface area contributed by atoms with Crippen molar-refractivity contribution in [2.45, 2.75) is 36.6 Å². The van der Waals surface area contributed by atoms with E-state index in [0.29, 0.717) is 11.3 Å². The molecule has 0 aliphatic heterocycles. The molecular formula is C9H14N2O5S2. The van der Waals surface area contributed by atoms with Crippen LogP contribution in [0.4, 0.5) is 0 Å². The first-order valence-electron chi connectivity index (χ1n) is 4.97. The zero-order chi connectivity index (χ0) is 14.1. The fraction of sp³-hybridized carbons (Fsp3) is 0.556. The molecule has 0 bridgehead atoms. The fourth-order valence-electron chi connectivity index (χ4n) is 1.05. The summed E-state index contributed by atoms with van der Waals surface area (Å²) in [6, 6.07) is 0. The van der Waals surface area contributed by atoms with Gasteiger partial charge >= 0.3 is 5.97 Å². The minimum absolute atomic E-state index is 0.372. The van der Waals surface area contributed by atoms with Gasteiger partial charge in [0.1, 0.15) is 0 Å². The monoisotopic (exact) mass is 294 g/mol. The maximum absolute atomic E-state index is 12.0. The molecule has 0 aliphatic rings. The maximum atomic E-state index is 12.0. The van der Waals surface area contributed by atoms with E-state index < -0.39 is 33.3 Å². The molecule has 3 N–H and O–H groups in total. The van der Waals surface area contributed by atoms with Crippen molar-refractivity contribution in [1.82, 2.24) is 9.71 Å². The summed E-state index contributed by atoms with van der Waals surface area (Å²) in [4.78, 5) is 14.3. The van der Waals surface area contributed by atoms with Gasteiger partial charge in [0.05, 0.1) is 17.2 Å². The number of aliphatic hydroxyl groups excluding tert-OH is 1. The number of carboxylic acids is 1. The lowest BCUT2D eigenvalue weighted by Gasteiger charge is -2.28. The zero-order valence-electron chi connectivity index (χ0n) is 10.0. The van der Waals surface area contributed by atoms with E-state index in [-0.39, 0.29) is 4.21 Å². The summed E-state index contributed by atoms with van der Waals surface area (Å²) in [5.74, 6) is -1.41. The SMILES string of the molecule is CC(O)C(C)(C)NS(=O)(=O)c1scnc1C(=O)O. The van der Waals surface area contributed by atoms with E-state index in [2.05, 4.69) is 9.71 Å². The number of hydrogen-bond donors (Lipinski definition) is 3. The molecule has 18 heavy (non-hydrogen) atoms. The fourth-order valence-corrected chi connectivity index (χ4v) is 3.66. The Morgan fingerprint density at radius 1 is 1.56 bits per heavy atom. The molecular weight excluding hydrogens is 280 g/mol. The van der Waals surface area contributed by atoms with E-state index in [1.165, 1.54) is 20.8 Å². The molecule has 9 heteroatoms. The third-order valence-electron chi connectivity index (χ3n) is 2.42. The summed E-state index contributed by atoms with van der Waals surface area (Å²) in [5, 5.41) is 18.3. The number of hydrogen-bond acceptors (Lipinski definition) is 6. The van der Waals surface area contributed by atoms with Gasteiger partial charge in [-0.25, -0.2) is 22.9 Å². The van der Waals surface area contributed by atoms with E-state index in [1.807, 2.05) is 0 Å². The van der Waals surface area contributed by atoms with Crippen LogP contribution in [0.25, 0.3) is 0 Å². The Kier molecular flexibility index (Phi) is 4.11. The van der Waals surface area contributed by atoms with E-state index >= 15 is 0 Å². The highest BCUT2D eigenvalue weighted by Crippen LogP contribution is 2.22. The number of nitrogens with one attached hydrogen (secondary N) is 1. The molecule has 0 spiro atoms. The van der Waals surface area contributed by atoms with E-state index in [4.69, 9.17) is 5.11 Å². The first-order valence-corrected chi connectivity index (χ1v) is 7.33. The van der Waals surface area contributed by atoms with Crippen LogP contribution in [0.15, 0.2) is 9.72 Å². The van der Waals surface area contributed by atoms with Gasteiger partial charge in [0.2, 0.25) is 0 Å². The Balaban J connectivity index is 3.16. The minimum atomic E-state index is -4.03. The molecule has 1 aromatic heterocycles. The number of rotatable bonds is 5. The maximum Gasteiger partial charge on any atom is 0.356 e. The highest BCUT2D eigenvalue weighted by Gasteiger charge is 2.34. The molecule has 1 atom stereocenters. The Labute approximate surface area is 109 Å². The van der Waals surface area contributed by atoms with Crippen molar-refractivity contribution < 1.29 is 23.4 Å². The largest absolute Gasteiger partial charge is 0.476 e. The van der Waals surface area contributed by atoms with Crippen LogP contribution in [-0.2, 0) is 10.0 Å². The van der Waals surface area contributed by atoms with Crippen LogP contribution in [0, 0.1) is 0 Å². The Morgan fingerprint density at radius 2 is 2.11 bits per heavy atom. The van der Waals surface area contributed by atoms with Gasteiger partial charge in [-0.15, -0.1) is 11.3 Å². The summed E-state index contributed by atoms with van der Waals surface area (Å²) in [6.07, 6.45) is -0.937. The summed E-state index contributed by atoms with van der Waals surface area (Å²) in [5.41, 5.74) is -0.486. The Bertz CT molecular complexity index is 547. The normalized spacial score (nSPS) is 14.4. The number of thiazole rings is 1. The van der Waals surface area contributed by atoms with Crippen molar-refractivity contribution >= 4 is 27.3 Å². The summed E-state index contributed by atoms with van der Waals surface area (Å²) >= 11 is 0.713. The number of nitrogens with zero attached hydrogens (tertiary/aromatic N) is 1. The lowest BCUT2D eigenvalue weighted by atomic mass is 10.0. The van der Waals surface area contributed by atoms with Crippen molar-refractivity contribution in [3.63, 3.8) is 0 Å². The third-order valence-corrected chi connectivity index (χ3v) is 5.46. The standard InChI is InChI=1S/C9H14N2O5S2/c1-5(12)9(2,3)11-18(15,16)8-6(7(13)14)10-4-17-8/h4-5,11-12H,1-3H3,(H,13,14). The number of sulfonamides is 1. The molecule has 0 saturated carbocycles. The second-order valence-electron chi connectivity index (χ2n) is 4.30. The second-order valence-corrected chi connectivity index (χ2v) is 7.03. The van der Waals surface area contributed by atoms with Gasteiger partial charge in [-0.1, -0.05) is 0 Å². The second kappa shape index (κ2) is 4.92. The summed E-state index contributed by atoms with van der Waals surface area (Å²) in [6.45, 7) is 4.43. The summed E-state index contributed by atoms with van der Waals surface area (Å²) < 4.78 is 25.9. The van der Waals surface area contributed by atoms with E-state index in [0.717, 1.165) is 5.51 Å². The molecule has 0 radical (unpaired) electrons. The quantitative estimate of drug-likeness (QED) is 0.718. The molecule has 1 rings (SSSR count). The van der Waals surface area contributed by atoms with Crippen LogP contribution in [0.1, 0.15) is 31.3 Å². The zero-order valence-corrected chi connectivity index (χ0v) is 11.7. The van der Waals surface area contributed by atoms with Crippen LogP contribution in [0.3, 0.4) is 0 Å². The molecule has 0 aliphatic carbocycles. The first kappa shape index (κ1) is 15.0. The smallest absolute Gasteiger partial charge is 0.356 e. The topological polar surface area (TPSA) is 117 Å². The molecule has 0 fully saturated rings. The highest BCUT2D eigenvalue weighted by atomic mass is 32.2. The number of carboxylic acid groups (broad SMARTS) is 1. The molecule has 1 unspecified atom stereocenters. The van der Waals surface area contributed by atoms with Crippen molar-refractivity contribution in [2.75, 3.05) is 0 Å². The van der Waals surface area contributed by atoms with Crippen molar-refractivity contribution in [1.29, 1.82) is 0 Å². The van der Waals surface area contributed by atoms with Gasteiger partial charge in [0, 0.05) is 0 Å². The number of aliphatic hydroxyl groups is 1. The number of carbonyl (C=O) groups is 1. The molecule has 102 valence electrons. The molecule has 7 nitrogen and oxygen atoms in total. The van der Waals surface area contributed by atoms with Gasteiger partial charge in [0.15, 0.2) is 9.90 Å². The van der Waals surface area contributed by atoms with Crippen molar-refractivity contribution in [3.05, 3.63) is 11.2 Å². The average Bonchev–Trinajstić information content (AvgIpc) is 2.64. The molecule has 1 heterocycles. The first-order chi connectivity index (χ1) is 8.08. The van der Waals surface area contributed by atoms with Gasteiger partial charge in [-0.3, -0.25) is 0 Å². The van der Waals surface area contributed by atoms with Crippen LogP contribution in [-0.4, -0.2) is 41.2 Å². The lowest BCUT2D eigenvalue weighted by molar-refractivity contribution is 0.0687. The minimum Gasteiger partial charge on any atom is -0.476 e. The van der Waals surface area contributed by atoms with Gasteiger partial charge in [-0.2, -0.15) is 0 Å². The van der Waals surface area contributed by atoms with Gasteiger partial charge in [-0.05, 0) is 20.8 Å². The molecule has 0 aromatic carbocycles. The lowest BCUT2D eigenvalue weighted by Crippen LogP contribution is -2.50. The van der Waals surface area contributed by atoms with Crippen LogP contribution < -0.4 is 4.72 Å². The summed E-state index contributed by atoms with van der Waals surface area (Å²) in [7, 11) is -4.03. The predicted octanol–water partition coefficient (Wildman–Crippen LogP) is 0.279. The molecule has 0 amide bonds. The Hall–Kier alpha value is -1.03. The molecule has 0 saturated heterocycles. The van der Waals surface area contributed by atoms with Crippen molar-refractivity contribution in [2.24, 2.45) is 0 Å². The third kappa shape index (κ3) is 3.05. The number of aromatic nitrogens is 1. The van der Waals surface area contributed by atoms with E-state index in [9.17, 15) is 18.3 Å². The van der Waals surface area contributed by atoms with Gasteiger partial charge in [0.25, 0.3) is 10.0 Å². The van der Waals surface area contributed by atoms with Crippen molar-refractivity contribution in [3.8, 4) is 0 Å². The predicted molar refractivity (Wildman–Crippen MR) is 65.2 cm³/mol. The van der Waals surface area contributed by atoms with Crippen LogP contribution in [0.5, 0.6) is 0 Å². The van der Waals surface area contributed by atoms with Crippen LogP contribution >= 0.6 is 11.3 Å². The molecule has 1 aromatic rings. The van der Waals surface area contributed by atoms with Crippen LogP contribution in [0.2, 0.25) is 0 Å². The highest BCUT2D eigenvalue weighted by molar-refractivity contribution is 7.91. The number of aromatic carboxylic acids is 1. The average molecular weight is 294 g/mol. The Morgan fingerprint density at radius 3 is 2.56 bits per heavy atom.